The molecule has 102 valence electrons. The summed E-state index contributed by atoms with van der Waals surface area (Å²) in [4.78, 5) is 22.8. The van der Waals surface area contributed by atoms with Crippen LogP contribution in [0.25, 0.3) is 0 Å². The molecule has 19 heavy (non-hydrogen) atoms. The molecule has 1 aliphatic carbocycles. The third kappa shape index (κ3) is 3.33. The Morgan fingerprint density at radius 1 is 1.26 bits per heavy atom. The number of carboxylic acid groups (broad SMARTS) is 1. The lowest BCUT2D eigenvalue weighted by Crippen LogP contribution is -2.58. The smallest absolute Gasteiger partial charge is 0.323 e. The first-order valence-corrected chi connectivity index (χ1v) is 6.85. The van der Waals surface area contributed by atoms with Crippen LogP contribution in [0.4, 0.5) is 5.69 Å². The Labute approximate surface area is 119 Å². The van der Waals surface area contributed by atoms with E-state index in [1.807, 2.05) is 12.1 Å². The zero-order valence-electron chi connectivity index (χ0n) is 10.3. The lowest BCUT2D eigenvalue weighted by molar-refractivity contribution is -0.148. The number of carbonyl (C=O) groups is 2. The van der Waals surface area contributed by atoms with Gasteiger partial charge in [-0.05, 0) is 43.5 Å². The van der Waals surface area contributed by atoms with Crippen LogP contribution in [0.3, 0.4) is 0 Å². The number of aliphatic carboxylic acids is 1. The normalized spacial score (nSPS) is 16.5. The molecule has 0 spiro atoms. The highest BCUT2D eigenvalue weighted by molar-refractivity contribution is 9.10. The van der Waals surface area contributed by atoms with E-state index in [2.05, 4.69) is 26.6 Å². The molecule has 1 aromatic carbocycles. The number of nitrogens with one attached hydrogen (secondary N) is 2. The zero-order chi connectivity index (χ0) is 13.9. The molecule has 0 aromatic heterocycles. The van der Waals surface area contributed by atoms with E-state index in [9.17, 15) is 9.59 Å². The molecule has 0 saturated heterocycles. The molecular weight excluding hydrogens is 312 g/mol. The molecule has 1 aromatic rings. The quantitative estimate of drug-likeness (QED) is 0.773. The highest BCUT2D eigenvalue weighted by Crippen LogP contribution is 2.31. The van der Waals surface area contributed by atoms with Crippen molar-refractivity contribution in [1.82, 2.24) is 5.32 Å². The number of benzene rings is 1. The highest BCUT2D eigenvalue weighted by atomic mass is 79.9. The maximum atomic E-state index is 11.7. The van der Waals surface area contributed by atoms with Gasteiger partial charge in [-0.25, -0.2) is 0 Å². The predicted octanol–water partition coefficient (Wildman–Crippen LogP) is 1.98. The Hall–Kier alpha value is -1.40. The Balaban J connectivity index is 1.85. The SMILES string of the molecule is O=C(CNC1(C(=O)O)CCC1)Nc1ccc(Br)cc1. The van der Waals surface area contributed by atoms with Gasteiger partial charge in [0.05, 0.1) is 6.54 Å². The summed E-state index contributed by atoms with van der Waals surface area (Å²) >= 11 is 3.31. The van der Waals surface area contributed by atoms with Crippen molar-refractivity contribution in [1.29, 1.82) is 0 Å². The predicted molar refractivity (Wildman–Crippen MR) is 75.0 cm³/mol. The summed E-state index contributed by atoms with van der Waals surface area (Å²) < 4.78 is 0.933. The molecule has 1 fully saturated rings. The van der Waals surface area contributed by atoms with E-state index in [0.29, 0.717) is 18.5 Å². The molecule has 0 unspecified atom stereocenters. The molecule has 2 rings (SSSR count). The van der Waals surface area contributed by atoms with Crippen LogP contribution < -0.4 is 10.6 Å². The number of amides is 1. The fourth-order valence-corrected chi connectivity index (χ4v) is 2.25. The van der Waals surface area contributed by atoms with Crippen LogP contribution >= 0.6 is 15.9 Å². The lowest BCUT2D eigenvalue weighted by atomic mass is 9.77. The Bertz CT molecular complexity index is 483. The fraction of sp³-hybridized carbons (Fsp3) is 0.385. The molecule has 0 bridgehead atoms. The second kappa shape index (κ2) is 5.71. The first kappa shape index (κ1) is 14.0. The van der Waals surface area contributed by atoms with Crippen molar-refractivity contribution in [2.24, 2.45) is 0 Å². The average molecular weight is 327 g/mol. The van der Waals surface area contributed by atoms with Gasteiger partial charge in [0.2, 0.25) is 5.91 Å². The summed E-state index contributed by atoms with van der Waals surface area (Å²) in [7, 11) is 0. The standard InChI is InChI=1S/C13H15BrN2O3/c14-9-2-4-10(5-3-9)16-11(17)8-15-13(12(18)19)6-1-7-13/h2-5,15H,1,6-8H2,(H,16,17)(H,18,19). The van der Waals surface area contributed by atoms with Gasteiger partial charge in [-0.1, -0.05) is 15.9 Å². The third-order valence-electron chi connectivity index (χ3n) is 3.33. The second-order valence-electron chi connectivity index (χ2n) is 4.65. The van der Waals surface area contributed by atoms with Gasteiger partial charge in [0, 0.05) is 10.2 Å². The van der Waals surface area contributed by atoms with Crippen LogP contribution in [0, 0.1) is 0 Å². The number of rotatable bonds is 5. The van der Waals surface area contributed by atoms with Crippen molar-refractivity contribution < 1.29 is 14.7 Å². The molecule has 0 aliphatic heterocycles. The Kier molecular flexibility index (Phi) is 4.21. The van der Waals surface area contributed by atoms with E-state index in [1.165, 1.54) is 0 Å². The van der Waals surface area contributed by atoms with Crippen LogP contribution in [0.5, 0.6) is 0 Å². The van der Waals surface area contributed by atoms with Gasteiger partial charge in [0.1, 0.15) is 5.54 Å². The van der Waals surface area contributed by atoms with Crippen molar-refractivity contribution in [2.45, 2.75) is 24.8 Å². The Morgan fingerprint density at radius 3 is 2.37 bits per heavy atom. The molecular formula is C13H15BrN2O3. The van der Waals surface area contributed by atoms with E-state index in [-0.39, 0.29) is 12.5 Å². The number of anilines is 1. The van der Waals surface area contributed by atoms with Crippen molar-refractivity contribution in [2.75, 3.05) is 11.9 Å². The van der Waals surface area contributed by atoms with Crippen LogP contribution in [0.1, 0.15) is 19.3 Å². The number of carboxylic acids is 1. The van der Waals surface area contributed by atoms with Crippen molar-refractivity contribution >= 4 is 33.5 Å². The van der Waals surface area contributed by atoms with Gasteiger partial charge < -0.3 is 10.4 Å². The summed E-state index contributed by atoms with van der Waals surface area (Å²) in [6.07, 6.45) is 2.04. The lowest BCUT2D eigenvalue weighted by Gasteiger charge is -2.38. The van der Waals surface area contributed by atoms with Gasteiger partial charge in [0.25, 0.3) is 0 Å². The minimum Gasteiger partial charge on any atom is -0.480 e. The van der Waals surface area contributed by atoms with Crippen molar-refractivity contribution in [3.8, 4) is 0 Å². The minimum atomic E-state index is -0.906. The van der Waals surface area contributed by atoms with Crippen LogP contribution in [0.2, 0.25) is 0 Å². The van der Waals surface area contributed by atoms with Gasteiger partial charge >= 0.3 is 5.97 Å². The summed E-state index contributed by atoms with van der Waals surface area (Å²) in [6.45, 7) is 0.00235. The van der Waals surface area contributed by atoms with Crippen molar-refractivity contribution in [3.05, 3.63) is 28.7 Å². The third-order valence-corrected chi connectivity index (χ3v) is 3.86. The average Bonchev–Trinajstić information content (AvgIpc) is 2.30. The summed E-state index contributed by atoms with van der Waals surface area (Å²) in [5, 5.41) is 14.7. The molecule has 1 aliphatic rings. The summed E-state index contributed by atoms with van der Waals surface area (Å²) in [5.41, 5.74) is -0.218. The number of hydrogen-bond donors (Lipinski definition) is 3. The maximum Gasteiger partial charge on any atom is 0.323 e. The van der Waals surface area contributed by atoms with Crippen LogP contribution in [-0.4, -0.2) is 29.1 Å². The van der Waals surface area contributed by atoms with Gasteiger partial charge in [-0.3, -0.25) is 14.9 Å². The zero-order valence-corrected chi connectivity index (χ0v) is 11.9. The molecule has 1 saturated carbocycles. The van der Waals surface area contributed by atoms with Gasteiger partial charge in [-0.15, -0.1) is 0 Å². The summed E-state index contributed by atoms with van der Waals surface area (Å²) in [5.74, 6) is -1.12. The number of hydrogen-bond acceptors (Lipinski definition) is 3. The first-order valence-electron chi connectivity index (χ1n) is 6.06. The summed E-state index contributed by atoms with van der Waals surface area (Å²) in [6, 6.07) is 7.21. The topological polar surface area (TPSA) is 78.4 Å². The minimum absolute atomic E-state index is 0.00235. The van der Waals surface area contributed by atoms with E-state index in [4.69, 9.17) is 5.11 Å². The number of halogens is 1. The number of carbonyl (C=O) groups excluding carboxylic acids is 1. The van der Waals surface area contributed by atoms with Crippen LogP contribution in [-0.2, 0) is 9.59 Å². The Morgan fingerprint density at radius 2 is 1.89 bits per heavy atom. The largest absolute Gasteiger partial charge is 0.480 e. The highest BCUT2D eigenvalue weighted by Gasteiger charge is 2.44. The maximum absolute atomic E-state index is 11.7. The molecule has 5 nitrogen and oxygen atoms in total. The van der Waals surface area contributed by atoms with Gasteiger partial charge in [-0.2, -0.15) is 0 Å². The fourth-order valence-electron chi connectivity index (χ4n) is 1.98. The van der Waals surface area contributed by atoms with E-state index >= 15 is 0 Å². The first-order chi connectivity index (χ1) is 9.02. The van der Waals surface area contributed by atoms with Gasteiger partial charge in [0.15, 0.2) is 0 Å². The van der Waals surface area contributed by atoms with Crippen molar-refractivity contribution in [3.63, 3.8) is 0 Å². The second-order valence-corrected chi connectivity index (χ2v) is 5.57. The molecule has 0 radical (unpaired) electrons. The molecule has 3 N–H and O–H groups in total. The van der Waals surface area contributed by atoms with E-state index in [0.717, 1.165) is 10.9 Å². The van der Waals surface area contributed by atoms with E-state index in [1.54, 1.807) is 12.1 Å². The molecule has 0 atom stereocenters. The van der Waals surface area contributed by atoms with E-state index < -0.39 is 11.5 Å². The molecule has 6 heteroatoms. The van der Waals surface area contributed by atoms with Crippen LogP contribution in [0.15, 0.2) is 28.7 Å². The monoisotopic (exact) mass is 326 g/mol. The molecule has 1 amide bonds. The molecule has 0 heterocycles.